The van der Waals surface area contributed by atoms with Crippen LogP contribution in [0.1, 0.15) is 18.6 Å². The van der Waals surface area contributed by atoms with Gasteiger partial charge in [-0.05, 0) is 25.0 Å². The summed E-state index contributed by atoms with van der Waals surface area (Å²) in [5.41, 5.74) is 0.876. The largest absolute Gasteiger partial charge is 0.461 e. The number of rotatable bonds is 5. The van der Waals surface area contributed by atoms with E-state index in [0.29, 0.717) is 19.5 Å². The number of likely N-dealkylation sites (tertiary alicyclic amines) is 1. The molecule has 126 valence electrons. The van der Waals surface area contributed by atoms with Crippen LogP contribution in [0.4, 0.5) is 4.79 Å². The van der Waals surface area contributed by atoms with E-state index in [-0.39, 0.29) is 12.1 Å². The first-order valence-corrected chi connectivity index (χ1v) is 8.36. The molecule has 2 N–H and O–H groups in total. The second kappa shape index (κ2) is 7.84. The molecule has 24 heavy (non-hydrogen) atoms. The van der Waals surface area contributed by atoms with Gasteiger partial charge >= 0.3 is 6.03 Å². The van der Waals surface area contributed by atoms with Crippen molar-refractivity contribution in [2.24, 2.45) is 0 Å². The molecule has 2 heterocycles. The van der Waals surface area contributed by atoms with Gasteiger partial charge in [0.2, 0.25) is 0 Å². The average Bonchev–Trinajstić information content (AvgIpc) is 2.99. The van der Waals surface area contributed by atoms with Crippen LogP contribution in [0.3, 0.4) is 0 Å². The Labute approximate surface area is 141 Å². The molecule has 0 unspecified atom stereocenters. The number of nitrogens with one attached hydrogen (secondary N) is 2. The van der Waals surface area contributed by atoms with Gasteiger partial charge in [-0.1, -0.05) is 18.2 Å². The molecule has 1 fully saturated rings. The molecule has 1 aliphatic heterocycles. The number of para-hydroxylation sites is 1. The predicted octanol–water partition coefficient (Wildman–Crippen LogP) is 2.26. The van der Waals surface area contributed by atoms with E-state index in [1.54, 1.807) is 0 Å². The lowest BCUT2D eigenvalue weighted by atomic mass is 10.1. The predicted molar refractivity (Wildman–Crippen MR) is 91.5 cm³/mol. The van der Waals surface area contributed by atoms with Crippen LogP contribution in [-0.2, 0) is 6.42 Å². The summed E-state index contributed by atoms with van der Waals surface area (Å²) in [6, 6.07) is 12.1. The minimum absolute atomic E-state index is 0.134. The topological polar surface area (TPSA) is 81.3 Å². The summed E-state index contributed by atoms with van der Waals surface area (Å²) in [6.45, 7) is 2.73. The Morgan fingerprint density at radius 1 is 1.33 bits per heavy atom. The second-order valence-corrected chi connectivity index (χ2v) is 6.11. The molecule has 6 nitrogen and oxygen atoms in total. The number of piperidine rings is 1. The van der Waals surface area contributed by atoms with Gasteiger partial charge in [-0.2, -0.15) is 5.26 Å². The zero-order chi connectivity index (χ0) is 16.8. The van der Waals surface area contributed by atoms with Crippen LogP contribution in [0.2, 0.25) is 0 Å². The van der Waals surface area contributed by atoms with Gasteiger partial charge in [0.25, 0.3) is 0 Å². The summed E-state index contributed by atoms with van der Waals surface area (Å²) < 4.78 is 5.73. The lowest BCUT2D eigenvalue weighted by Crippen LogP contribution is -2.48. The van der Waals surface area contributed by atoms with Crippen molar-refractivity contribution in [2.45, 2.75) is 25.3 Å². The number of furan rings is 1. The molecule has 0 bridgehead atoms. The third-order valence-electron chi connectivity index (χ3n) is 4.35. The van der Waals surface area contributed by atoms with Gasteiger partial charge in [0.15, 0.2) is 0 Å². The highest BCUT2D eigenvalue weighted by atomic mass is 16.3. The molecule has 1 aromatic heterocycles. The van der Waals surface area contributed by atoms with E-state index in [4.69, 9.17) is 9.68 Å². The van der Waals surface area contributed by atoms with E-state index in [0.717, 1.165) is 42.7 Å². The highest BCUT2D eigenvalue weighted by Gasteiger charge is 2.20. The lowest BCUT2D eigenvalue weighted by Gasteiger charge is -2.30. The Morgan fingerprint density at radius 3 is 2.88 bits per heavy atom. The fourth-order valence-electron chi connectivity index (χ4n) is 3.03. The smallest absolute Gasteiger partial charge is 0.315 e. The average molecular weight is 326 g/mol. The maximum absolute atomic E-state index is 12.0. The van der Waals surface area contributed by atoms with E-state index in [1.165, 1.54) is 0 Å². The molecular formula is C18H22N4O2. The summed E-state index contributed by atoms with van der Waals surface area (Å²) in [5, 5.41) is 15.7. The Bertz CT molecular complexity index is 693. The van der Waals surface area contributed by atoms with Gasteiger partial charge in [0.05, 0.1) is 12.6 Å². The number of carbonyl (C=O) groups excluding carboxylic acids is 1. The van der Waals surface area contributed by atoms with E-state index in [9.17, 15) is 4.79 Å². The van der Waals surface area contributed by atoms with Crippen LogP contribution in [0.25, 0.3) is 11.0 Å². The van der Waals surface area contributed by atoms with Crippen molar-refractivity contribution in [1.82, 2.24) is 15.5 Å². The van der Waals surface area contributed by atoms with Crippen molar-refractivity contribution in [3.05, 3.63) is 36.1 Å². The standard InChI is InChI=1S/C18H22N4O2/c19-8-12-22-10-6-15(7-11-22)21-18(23)20-9-5-16-13-14-3-1-2-4-17(14)24-16/h1-4,13,15H,5-7,9-12H2,(H2,20,21,23). The first-order chi connectivity index (χ1) is 11.7. The van der Waals surface area contributed by atoms with Crippen LogP contribution in [0.5, 0.6) is 0 Å². The molecule has 6 heteroatoms. The highest BCUT2D eigenvalue weighted by Crippen LogP contribution is 2.18. The molecule has 3 rings (SSSR count). The van der Waals surface area contributed by atoms with Gasteiger partial charge in [0, 0.05) is 37.5 Å². The van der Waals surface area contributed by atoms with Crippen molar-refractivity contribution >= 4 is 17.0 Å². The van der Waals surface area contributed by atoms with Gasteiger partial charge in [0.1, 0.15) is 11.3 Å². The summed E-state index contributed by atoms with van der Waals surface area (Å²) in [4.78, 5) is 14.1. The SMILES string of the molecule is N#CCN1CCC(NC(=O)NCCc2cc3ccccc3o2)CC1. The molecule has 1 aromatic carbocycles. The fraction of sp³-hybridized carbons (Fsp3) is 0.444. The van der Waals surface area contributed by atoms with E-state index < -0.39 is 0 Å². The summed E-state index contributed by atoms with van der Waals surface area (Å²) in [6.07, 6.45) is 2.44. The molecular weight excluding hydrogens is 304 g/mol. The number of nitrogens with zero attached hydrogens (tertiary/aromatic N) is 2. The summed E-state index contributed by atoms with van der Waals surface area (Å²) in [7, 11) is 0. The maximum atomic E-state index is 12.0. The van der Waals surface area contributed by atoms with Gasteiger partial charge in [-0.3, -0.25) is 4.90 Å². The molecule has 2 aromatic rings. The van der Waals surface area contributed by atoms with Gasteiger partial charge in [-0.15, -0.1) is 0 Å². The fourth-order valence-corrected chi connectivity index (χ4v) is 3.03. The molecule has 0 aliphatic carbocycles. The molecule has 2 amide bonds. The number of carbonyl (C=O) groups is 1. The molecule has 1 aliphatic rings. The monoisotopic (exact) mass is 326 g/mol. The zero-order valence-electron chi connectivity index (χ0n) is 13.6. The molecule has 0 radical (unpaired) electrons. The second-order valence-electron chi connectivity index (χ2n) is 6.11. The van der Waals surface area contributed by atoms with Crippen LogP contribution < -0.4 is 10.6 Å². The van der Waals surface area contributed by atoms with E-state index >= 15 is 0 Å². The van der Waals surface area contributed by atoms with Crippen molar-refractivity contribution < 1.29 is 9.21 Å². The summed E-state index contributed by atoms with van der Waals surface area (Å²) in [5.74, 6) is 0.876. The van der Waals surface area contributed by atoms with Gasteiger partial charge in [-0.25, -0.2) is 4.79 Å². The molecule has 1 saturated heterocycles. The third kappa shape index (κ3) is 4.27. The van der Waals surface area contributed by atoms with Crippen LogP contribution >= 0.6 is 0 Å². The number of nitriles is 1. The maximum Gasteiger partial charge on any atom is 0.315 e. The zero-order valence-corrected chi connectivity index (χ0v) is 13.6. The van der Waals surface area contributed by atoms with Crippen molar-refractivity contribution in [1.29, 1.82) is 5.26 Å². The number of fused-ring (bicyclic) bond motifs is 1. The quantitative estimate of drug-likeness (QED) is 0.826. The van der Waals surface area contributed by atoms with Crippen LogP contribution in [0.15, 0.2) is 34.7 Å². The van der Waals surface area contributed by atoms with E-state index in [1.807, 2.05) is 30.3 Å². The molecule has 0 atom stereocenters. The van der Waals surface area contributed by atoms with Crippen molar-refractivity contribution in [3.8, 4) is 6.07 Å². The lowest BCUT2D eigenvalue weighted by molar-refractivity contribution is 0.205. The number of amides is 2. The normalized spacial score (nSPS) is 16.0. The number of benzene rings is 1. The third-order valence-corrected chi connectivity index (χ3v) is 4.35. The minimum Gasteiger partial charge on any atom is -0.461 e. The number of urea groups is 1. The van der Waals surface area contributed by atoms with Gasteiger partial charge < -0.3 is 15.1 Å². The highest BCUT2D eigenvalue weighted by molar-refractivity contribution is 5.77. The Morgan fingerprint density at radius 2 is 2.12 bits per heavy atom. The summed E-state index contributed by atoms with van der Waals surface area (Å²) >= 11 is 0. The molecule has 0 saturated carbocycles. The van der Waals surface area contributed by atoms with E-state index in [2.05, 4.69) is 21.6 Å². The van der Waals surface area contributed by atoms with Crippen LogP contribution in [0, 0.1) is 11.3 Å². The first-order valence-electron chi connectivity index (χ1n) is 8.36. The molecule has 0 spiro atoms. The Kier molecular flexibility index (Phi) is 5.34. The van der Waals surface area contributed by atoms with Crippen LogP contribution in [-0.4, -0.2) is 43.2 Å². The number of hydrogen-bond donors (Lipinski definition) is 2. The Hall–Kier alpha value is -2.52. The first kappa shape index (κ1) is 16.3. The van der Waals surface area contributed by atoms with Crippen molar-refractivity contribution in [2.75, 3.05) is 26.2 Å². The number of hydrogen-bond acceptors (Lipinski definition) is 4. The van der Waals surface area contributed by atoms with Crippen molar-refractivity contribution in [3.63, 3.8) is 0 Å². The Balaban J connectivity index is 1.38. The minimum atomic E-state index is -0.134.